The molecular formula is C19H18ClN3O2S. The molecule has 0 fully saturated rings. The third-order valence-electron chi connectivity index (χ3n) is 4.74. The van der Waals surface area contributed by atoms with E-state index in [2.05, 4.69) is 11.9 Å². The van der Waals surface area contributed by atoms with Crippen molar-refractivity contribution in [2.24, 2.45) is 0 Å². The van der Waals surface area contributed by atoms with Crippen molar-refractivity contribution in [2.75, 3.05) is 26.4 Å². The zero-order valence-electron chi connectivity index (χ0n) is 14.5. The number of pyridine rings is 1. The molecule has 5 nitrogen and oxygen atoms in total. The van der Waals surface area contributed by atoms with Crippen molar-refractivity contribution < 1.29 is 9.53 Å². The minimum Gasteiger partial charge on any atom is -0.465 e. The average molecular weight is 388 g/mol. The number of nitrogens with two attached hydrogens (primary N) is 1. The van der Waals surface area contributed by atoms with E-state index in [4.69, 9.17) is 27.1 Å². The molecule has 1 aromatic carbocycles. The summed E-state index contributed by atoms with van der Waals surface area (Å²) in [6, 6.07) is 7.71. The fourth-order valence-electron chi connectivity index (χ4n) is 3.47. The summed E-state index contributed by atoms with van der Waals surface area (Å²) in [5.74, 6) is -0.439. The van der Waals surface area contributed by atoms with Gasteiger partial charge in [-0.1, -0.05) is 29.8 Å². The smallest absolute Gasteiger partial charge is 0.350 e. The lowest BCUT2D eigenvalue weighted by Crippen LogP contribution is -2.28. The largest absolute Gasteiger partial charge is 0.465 e. The van der Waals surface area contributed by atoms with Crippen LogP contribution in [0.2, 0.25) is 5.02 Å². The maximum absolute atomic E-state index is 12.1. The number of carbonyl (C=O) groups excluding carboxylic acids is 1. The van der Waals surface area contributed by atoms with Gasteiger partial charge in [0, 0.05) is 46.7 Å². The van der Waals surface area contributed by atoms with Gasteiger partial charge in [0.25, 0.3) is 0 Å². The van der Waals surface area contributed by atoms with Crippen LogP contribution in [0.3, 0.4) is 0 Å². The van der Waals surface area contributed by atoms with E-state index in [1.54, 1.807) is 0 Å². The van der Waals surface area contributed by atoms with Crippen molar-refractivity contribution in [3.8, 4) is 11.1 Å². The second-order valence-electron chi connectivity index (χ2n) is 6.40. The van der Waals surface area contributed by atoms with Crippen molar-refractivity contribution in [3.63, 3.8) is 0 Å². The molecule has 1 aliphatic rings. The third-order valence-corrected chi connectivity index (χ3v) is 6.14. The number of fused-ring (bicyclic) bond motifs is 2. The number of methoxy groups -OCH3 is 1. The summed E-state index contributed by atoms with van der Waals surface area (Å²) in [5.41, 5.74) is 10.9. The van der Waals surface area contributed by atoms with E-state index < -0.39 is 5.97 Å². The van der Waals surface area contributed by atoms with Gasteiger partial charge in [0.15, 0.2) is 0 Å². The maximum Gasteiger partial charge on any atom is 0.350 e. The third kappa shape index (κ3) is 2.65. The number of esters is 1. The molecular weight excluding hydrogens is 370 g/mol. The van der Waals surface area contributed by atoms with E-state index >= 15 is 0 Å². The van der Waals surface area contributed by atoms with E-state index in [0.717, 1.165) is 52.1 Å². The number of nitrogens with zero attached hydrogens (tertiary/aromatic N) is 2. The second-order valence-corrected chi connectivity index (χ2v) is 7.80. The van der Waals surface area contributed by atoms with Gasteiger partial charge in [0.05, 0.1) is 12.8 Å². The van der Waals surface area contributed by atoms with Gasteiger partial charge in [0.1, 0.15) is 9.71 Å². The molecule has 26 heavy (non-hydrogen) atoms. The SMILES string of the molecule is COC(=O)c1sc2nc3c(c(-c4ccccc4Cl)c2c1N)CN(C)CC3. The Morgan fingerprint density at radius 2 is 2.15 bits per heavy atom. The summed E-state index contributed by atoms with van der Waals surface area (Å²) < 4.78 is 4.89. The highest BCUT2D eigenvalue weighted by Crippen LogP contribution is 2.45. The predicted molar refractivity (Wildman–Crippen MR) is 106 cm³/mol. The number of anilines is 1. The number of likely N-dealkylation sites (N-methyl/N-ethyl adjacent to an activating group) is 1. The van der Waals surface area contributed by atoms with Crippen molar-refractivity contribution in [1.82, 2.24) is 9.88 Å². The second kappa shape index (κ2) is 6.54. The molecule has 0 unspecified atom stereocenters. The van der Waals surface area contributed by atoms with Crippen LogP contribution in [-0.4, -0.2) is 36.6 Å². The van der Waals surface area contributed by atoms with Gasteiger partial charge in [-0.15, -0.1) is 11.3 Å². The highest BCUT2D eigenvalue weighted by Gasteiger charge is 2.27. The average Bonchev–Trinajstić information content (AvgIpc) is 2.96. The molecule has 2 aromatic heterocycles. The summed E-state index contributed by atoms with van der Waals surface area (Å²) >= 11 is 7.80. The molecule has 0 aliphatic carbocycles. The summed E-state index contributed by atoms with van der Waals surface area (Å²) in [4.78, 5) is 20.4. The van der Waals surface area contributed by atoms with Gasteiger partial charge >= 0.3 is 5.97 Å². The molecule has 3 aromatic rings. The first-order chi connectivity index (χ1) is 12.5. The highest BCUT2D eigenvalue weighted by atomic mass is 35.5. The monoisotopic (exact) mass is 387 g/mol. The Morgan fingerprint density at radius 1 is 1.38 bits per heavy atom. The summed E-state index contributed by atoms with van der Waals surface area (Å²) in [5, 5.41) is 1.44. The Kier molecular flexibility index (Phi) is 4.34. The van der Waals surface area contributed by atoms with Crippen molar-refractivity contribution >= 4 is 44.8 Å². The van der Waals surface area contributed by atoms with Crippen LogP contribution >= 0.6 is 22.9 Å². The molecule has 134 valence electrons. The predicted octanol–water partition coefficient (Wildman–Crippen LogP) is 3.97. The number of benzene rings is 1. The van der Waals surface area contributed by atoms with Crippen LogP contribution in [-0.2, 0) is 17.7 Å². The van der Waals surface area contributed by atoms with Crippen molar-refractivity contribution in [1.29, 1.82) is 0 Å². The van der Waals surface area contributed by atoms with E-state index in [1.165, 1.54) is 18.4 Å². The number of carbonyl (C=O) groups is 1. The number of nitrogen functional groups attached to an aromatic ring is 1. The van der Waals surface area contributed by atoms with Crippen LogP contribution in [0.15, 0.2) is 24.3 Å². The van der Waals surface area contributed by atoms with Gasteiger partial charge in [-0.3, -0.25) is 0 Å². The lowest BCUT2D eigenvalue weighted by Gasteiger charge is -2.27. The number of ether oxygens (including phenoxy) is 1. The molecule has 1 aliphatic heterocycles. The molecule has 7 heteroatoms. The highest BCUT2D eigenvalue weighted by molar-refractivity contribution is 7.21. The number of hydrogen-bond acceptors (Lipinski definition) is 6. The Bertz CT molecular complexity index is 1030. The number of aromatic nitrogens is 1. The van der Waals surface area contributed by atoms with Crippen LogP contribution in [0, 0.1) is 0 Å². The standard InChI is InChI=1S/C19H18ClN3O2S/c1-23-8-7-13-11(9-23)14(10-5-3-4-6-12(10)20)15-16(21)17(19(24)25-2)26-18(15)22-13/h3-6H,7-9,21H2,1-2H3. The lowest BCUT2D eigenvalue weighted by atomic mass is 9.92. The molecule has 0 atom stereocenters. The molecule has 0 spiro atoms. The van der Waals surface area contributed by atoms with Gasteiger partial charge in [-0.05, 0) is 18.7 Å². The molecule has 0 saturated carbocycles. The van der Waals surface area contributed by atoms with E-state index in [1.807, 2.05) is 24.3 Å². The minimum atomic E-state index is -0.439. The fraction of sp³-hybridized carbons (Fsp3) is 0.263. The van der Waals surface area contributed by atoms with Crippen molar-refractivity contribution in [3.05, 3.63) is 45.4 Å². The zero-order chi connectivity index (χ0) is 18.4. The van der Waals surface area contributed by atoms with Crippen LogP contribution < -0.4 is 5.73 Å². The first-order valence-electron chi connectivity index (χ1n) is 8.26. The summed E-state index contributed by atoms with van der Waals surface area (Å²) in [6.45, 7) is 1.71. The lowest BCUT2D eigenvalue weighted by molar-refractivity contribution is 0.0607. The molecule has 3 heterocycles. The normalized spacial score (nSPS) is 14.4. The molecule has 0 amide bonds. The van der Waals surface area contributed by atoms with E-state index in [9.17, 15) is 4.79 Å². The Hall–Kier alpha value is -2.15. The van der Waals surface area contributed by atoms with Crippen LogP contribution in [0.4, 0.5) is 5.69 Å². The Morgan fingerprint density at radius 3 is 2.88 bits per heavy atom. The van der Waals surface area contributed by atoms with E-state index in [0.29, 0.717) is 15.6 Å². The number of hydrogen-bond donors (Lipinski definition) is 1. The van der Waals surface area contributed by atoms with Gasteiger partial charge in [0.2, 0.25) is 0 Å². The van der Waals surface area contributed by atoms with Crippen LogP contribution in [0.1, 0.15) is 20.9 Å². The Balaban J connectivity index is 2.12. The summed E-state index contributed by atoms with van der Waals surface area (Å²) in [6.07, 6.45) is 0.852. The Labute approximate surface area is 160 Å². The van der Waals surface area contributed by atoms with Gasteiger partial charge < -0.3 is 15.4 Å². The number of halogens is 1. The minimum absolute atomic E-state index is 0.388. The molecule has 4 rings (SSSR count). The van der Waals surface area contributed by atoms with Crippen LogP contribution in [0.5, 0.6) is 0 Å². The molecule has 0 bridgehead atoms. The van der Waals surface area contributed by atoms with E-state index in [-0.39, 0.29) is 0 Å². The molecule has 0 radical (unpaired) electrons. The fourth-order valence-corrected chi connectivity index (χ4v) is 4.74. The van der Waals surface area contributed by atoms with Gasteiger partial charge in [-0.25, -0.2) is 9.78 Å². The summed E-state index contributed by atoms with van der Waals surface area (Å²) in [7, 11) is 3.44. The molecule has 0 saturated heterocycles. The number of thiophene rings is 1. The molecule has 2 N–H and O–H groups in total. The van der Waals surface area contributed by atoms with Gasteiger partial charge in [-0.2, -0.15) is 0 Å². The zero-order valence-corrected chi connectivity index (χ0v) is 16.1. The van der Waals surface area contributed by atoms with Crippen molar-refractivity contribution in [2.45, 2.75) is 13.0 Å². The van der Waals surface area contributed by atoms with Crippen LogP contribution in [0.25, 0.3) is 21.3 Å². The first-order valence-corrected chi connectivity index (χ1v) is 9.46. The maximum atomic E-state index is 12.1. The topological polar surface area (TPSA) is 68.4 Å². The number of rotatable bonds is 2. The quantitative estimate of drug-likeness (QED) is 0.674. The first kappa shape index (κ1) is 17.3.